The summed E-state index contributed by atoms with van der Waals surface area (Å²) < 4.78 is 5.24. The molecule has 0 amide bonds. The molecule has 1 aromatic carbocycles. The molecule has 5 nitrogen and oxygen atoms in total. The molecule has 0 fully saturated rings. The summed E-state index contributed by atoms with van der Waals surface area (Å²) in [5, 5.41) is 1.45. The lowest BCUT2D eigenvalue weighted by Gasteiger charge is -2.26. The number of carbonyl (C=O) groups is 1. The van der Waals surface area contributed by atoms with Crippen molar-refractivity contribution in [1.29, 1.82) is 0 Å². The van der Waals surface area contributed by atoms with Crippen LogP contribution in [0, 0.1) is 0 Å². The standard InChI is InChI=1S/C15H18ClN3O2/c1-9(2)21-15(20)10(3)19(4)14-12-6-5-11(16)7-13(12)17-8-18-14/h5-10H,1-4H3. The summed E-state index contributed by atoms with van der Waals surface area (Å²) in [4.78, 5) is 22.3. The van der Waals surface area contributed by atoms with E-state index in [0.29, 0.717) is 10.8 Å². The highest BCUT2D eigenvalue weighted by Gasteiger charge is 2.23. The molecule has 0 bridgehead atoms. The summed E-state index contributed by atoms with van der Waals surface area (Å²) in [7, 11) is 1.81. The SMILES string of the molecule is CC(C)OC(=O)C(C)N(C)c1ncnc2cc(Cl)ccc12. The molecule has 2 rings (SSSR count). The molecule has 1 aromatic heterocycles. The van der Waals surface area contributed by atoms with E-state index in [1.807, 2.05) is 27.0 Å². The number of fused-ring (bicyclic) bond motifs is 1. The van der Waals surface area contributed by atoms with Crippen molar-refractivity contribution in [2.24, 2.45) is 0 Å². The van der Waals surface area contributed by atoms with Gasteiger partial charge >= 0.3 is 5.97 Å². The van der Waals surface area contributed by atoms with Crippen molar-refractivity contribution in [2.75, 3.05) is 11.9 Å². The van der Waals surface area contributed by atoms with Crippen molar-refractivity contribution in [1.82, 2.24) is 9.97 Å². The number of hydrogen-bond acceptors (Lipinski definition) is 5. The second-order valence-electron chi connectivity index (χ2n) is 5.13. The Kier molecular flexibility index (Phi) is 4.63. The van der Waals surface area contributed by atoms with E-state index in [1.54, 1.807) is 24.0 Å². The zero-order valence-electron chi connectivity index (χ0n) is 12.5. The van der Waals surface area contributed by atoms with Crippen LogP contribution in [0.2, 0.25) is 5.02 Å². The van der Waals surface area contributed by atoms with E-state index in [9.17, 15) is 4.79 Å². The molecular formula is C15H18ClN3O2. The Balaban J connectivity index is 2.35. The van der Waals surface area contributed by atoms with Crippen LogP contribution in [0.5, 0.6) is 0 Å². The molecule has 21 heavy (non-hydrogen) atoms. The fourth-order valence-corrected chi connectivity index (χ4v) is 2.14. The summed E-state index contributed by atoms with van der Waals surface area (Å²) >= 11 is 5.97. The van der Waals surface area contributed by atoms with Gasteiger partial charge in [0, 0.05) is 17.5 Å². The Morgan fingerprint density at radius 1 is 1.29 bits per heavy atom. The number of rotatable bonds is 4. The van der Waals surface area contributed by atoms with Crippen LogP contribution in [0.15, 0.2) is 24.5 Å². The van der Waals surface area contributed by atoms with E-state index >= 15 is 0 Å². The molecule has 1 atom stereocenters. The number of carbonyl (C=O) groups excluding carboxylic acids is 1. The van der Waals surface area contributed by atoms with E-state index in [4.69, 9.17) is 16.3 Å². The molecule has 0 radical (unpaired) electrons. The normalized spacial score (nSPS) is 12.5. The van der Waals surface area contributed by atoms with E-state index in [1.165, 1.54) is 6.33 Å². The number of esters is 1. The Morgan fingerprint density at radius 2 is 2.00 bits per heavy atom. The molecule has 0 saturated heterocycles. The monoisotopic (exact) mass is 307 g/mol. The number of benzene rings is 1. The maximum absolute atomic E-state index is 12.0. The van der Waals surface area contributed by atoms with Crippen LogP contribution in [0.3, 0.4) is 0 Å². The summed E-state index contributed by atoms with van der Waals surface area (Å²) in [6.45, 7) is 5.44. The van der Waals surface area contributed by atoms with Gasteiger partial charge in [-0.05, 0) is 39.0 Å². The Hall–Kier alpha value is -1.88. The fraction of sp³-hybridized carbons (Fsp3) is 0.400. The molecule has 0 saturated carbocycles. The number of hydrogen-bond donors (Lipinski definition) is 0. The van der Waals surface area contributed by atoms with Gasteiger partial charge in [0.25, 0.3) is 0 Å². The molecule has 0 aliphatic carbocycles. The summed E-state index contributed by atoms with van der Waals surface area (Å²) in [6.07, 6.45) is 1.32. The molecule has 0 spiro atoms. The number of aromatic nitrogens is 2. The predicted octanol–water partition coefficient (Wildman–Crippen LogP) is 3.06. The van der Waals surface area contributed by atoms with Crippen LogP contribution in [0.4, 0.5) is 5.82 Å². The van der Waals surface area contributed by atoms with E-state index < -0.39 is 6.04 Å². The molecule has 1 heterocycles. The number of likely N-dealkylation sites (N-methyl/N-ethyl adjacent to an activating group) is 1. The van der Waals surface area contributed by atoms with Crippen LogP contribution in [-0.4, -0.2) is 35.1 Å². The van der Waals surface area contributed by atoms with Crippen molar-refractivity contribution >= 4 is 34.3 Å². The van der Waals surface area contributed by atoms with E-state index in [2.05, 4.69) is 9.97 Å². The van der Waals surface area contributed by atoms with Gasteiger partial charge in [-0.15, -0.1) is 0 Å². The molecule has 6 heteroatoms. The first kappa shape index (κ1) is 15.5. The van der Waals surface area contributed by atoms with Crippen LogP contribution >= 0.6 is 11.6 Å². The van der Waals surface area contributed by atoms with Gasteiger partial charge in [-0.1, -0.05) is 11.6 Å². The third-order valence-corrected chi connectivity index (χ3v) is 3.42. The number of nitrogens with zero attached hydrogens (tertiary/aromatic N) is 3. The number of ether oxygens (including phenoxy) is 1. The van der Waals surface area contributed by atoms with Gasteiger partial charge in [0.15, 0.2) is 0 Å². The molecule has 2 aromatic rings. The van der Waals surface area contributed by atoms with Crippen molar-refractivity contribution in [3.8, 4) is 0 Å². The second kappa shape index (κ2) is 6.26. The molecule has 0 aliphatic heterocycles. The first-order valence-electron chi connectivity index (χ1n) is 6.73. The highest BCUT2D eigenvalue weighted by atomic mass is 35.5. The van der Waals surface area contributed by atoms with Gasteiger partial charge in [-0.3, -0.25) is 0 Å². The van der Waals surface area contributed by atoms with Crippen molar-refractivity contribution in [2.45, 2.75) is 32.9 Å². The fourth-order valence-electron chi connectivity index (χ4n) is 1.97. The second-order valence-corrected chi connectivity index (χ2v) is 5.57. The van der Waals surface area contributed by atoms with E-state index in [0.717, 1.165) is 10.9 Å². The average Bonchev–Trinajstić information content (AvgIpc) is 2.44. The van der Waals surface area contributed by atoms with Crippen molar-refractivity contribution in [3.05, 3.63) is 29.5 Å². The third-order valence-electron chi connectivity index (χ3n) is 3.19. The molecule has 112 valence electrons. The van der Waals surface area contributed by atoms with Crippen LogP contribution in [0.1, 0.15) is 20.8 Å². The average molecular weight is 308 g/mol. The first-order valence-corrected chi connectivity index (χ1v) is 7.11. The molecule has 0 N–H and O–H groups in total. The summed E-state index contributed by atoms with van der Waals surface area (Å²) in [5.74, 6) is 0.387. The summed E-state index contributed by atoms with van der Waals surface area (Å²) in [6, 6.07) is 4.96. The van der Waals surface area contributed by atoms with Gasteiger partial charge in [0.1, 0.15) is 18.2 Å². The first-order chi connectivity index (χ1) is 9.90. The lowest BCUT2D eigenvalue weighted by atomic mass is 10.2. The van der Waals surface area contributed by atoms with E-state index in [-0.39, 0.29) is 12.1 Å². The number of anilines is 1. The maximum atomic E-state index is 12.0. The van der Waals surface area contributed by atoms with Gasteiger partial charge in [-0.25, -0.2) is 14.8 Å². The van der Waals surface area contributed by atoms with Crippen LogP contribution in [-0.2, 0) is 9.53 Å². The number of halogens is 1. The quantitative estimate of drug-likeness (QED) is 0.813. The topological polar surface area (TPSA) is 55.3 Å². The predicted molar refractivity (Wildman–Crippen MR) is 83.6 cm³/mol. The Labute approximate surface area is 128 Å². The minimum absolute atomic E-state index is 0.144. The van der Waals surface area contributed by atoms with Crippen molar-refractivity contribution < 1.29 is 9.53 Å². The zero-order valence-corrected chi connectivity index (χ0v) is 13.3. The lowest BCUT2D eigenvalue weighted by molar-refractivity contribution is -0.148. The molecule has 1 unspecified atom stereocenters. The lowest BCUT2D eigenvalue weighted by Crippen LogP contribution is -2.38. The smallest absolute Gasteiger partial charge is 0.328 e. The van der Waals surface area contributed by atoms with Gasteiger partial charge < -0.3 is 9.64 Å². The molecule has 0 aliphatic rings. The minimum atomic E-state index is -0.443. The molecular weight excluding hydrogens is 290 g/mol. The highest BCUT2D eigenvalue weighted by Crippen LogP contribution is 2.25. The zero-order chi connectivity index (χ0) is 15.6. The largest absolute Gasteiger partial charge is 0.461 e. The van der Waals surface area contributed by atoms with Gasteiger partial charge in [0.05, 0.1) is 11.6 Å². The van der Waals surface area contributed by atoms with Crippen LogP contribution < -0.4 is 4.90 Å². The summed E-state index contributed by atoms with van der Waals surface area (Å²) in [5.41, 5.74) is 0.740. The van der Waals surface area contributed by atoms with Crippen LogP contribution in [0.25, 0.3) is 10.9 Å². The highest BCUT2D eigenvalue weighted by molar-refractivity contribution is 6.31. The minimum Gasteiger partial charge on any atom is -0.461 e. The maximum Gasteiger partial charge on any atom is 0.328 e. The Bertz CT molecular complexity index is 660. The van der Waals surface area contributed by atoms with Gasteiger partial charge in [0.2, 0.25) is 0 Å². The Morgan fingerprint density at radius 3 is 2.67 bits per heavy atom. The van der Waals surface area contributed by atoms with Gasteiger partial charge in [-0.2, -0.15) is 0 Å². The third kappa shape index (κ3) is 3.42. The van der Waals surface area contributed by atoms with Crippen molar-refractivity contribution in [3.63, 3.8) is 0 Å².